The van der Waals surface area contributed by atoms with Crippen LogP contribution in [0.4, 0.5) is 5.95 Å². The van der Waals surface area contributed by atoms with Crippen molar-refractivity contribution in [1.82, 2.24) is 14.8 Å². The standard InChI is InChI=1S/C18H20N4O/c1-14(2)11-22-17(16-7-5-4-6-8-16)19-20-18(22)21(3)12-15-9-10-23-13-15/h4-10,13H,1,11-12H2,2-3H3. The summed E-state index contributed by atoms with van der Waals surface area (Å²) in [6, 6.07) is 12.0. The Labute approximate surface area is 135 Å². The van der Waals surface area contributed by atoms with Crippen LogP contribution < -0.4 is 4.90 Å². The molecule has 0 spiro atoms. The minimum Gasteiger partial charge on any atom is -0.472 e. The van der Waals surface area contributed by atoms with Crippen LogP contribution in [0.2, 0.25) is 0 Å². The highest BCUT2D eigenvalue weighted by molar-refractivity contribution is 5.57. The van der Waals surface area contributed by atoms with Gasteiger partial charge in [0, 0.05) is 31.3 Å². The molecule has 0 bridgehead atoms. The zero-order valence-corrected chi connectivity index (χ0v) is 13.4. The quantitative estimate of drug-likeness (QED) is 0.651. The minimum absolute atomic E-state index is 0.683. The first-order valence-electron chi connectivity index (χ1n) is 7.50. The Morgan fingerprint density at radius 3 is 2.65 bits per heavy atom. The third-order valence-electron chi connectivity index (χ3n) is 3.53. The zero-order chi connectivity index (χ0) is 16.2. The molecule has 0 amide bonds. The van der Waals surface area contributed by atoms with Crippen molar-refractivity contribution in [2.24, 2.45) is 0 Å². The normalized spacial score (nSPS) is 10.7. The van der Waals surface area contributed by atoms with Crippen molar-refractivity contribution in [3.8, 4) is 11.4 Å². The van der Waals surface area contributed by atoms with Crippen molar-refractivity contribution in [2.45, 2.75) is 20.0 Å². The molecule has 3 aromatic rings. The maximum Gasteiger partial charge on any atom is 0.227 e. The van der Waals surface area contributed by atoms with Gasteiger partial charge in [0.15, 0.2) is 5.82 Å². The summed E-state index contributed by atoms with van der Waals surface area (Å²) >= 11 is 0. The summed E-state index contributed by atoms with van der Waals surface area (Å²) in [6.07, 6.45) is 3.42. The number of hydrogen-bond donors (Lipinski definition) is 0. The van der Waals surface area contributed by atoms with Gasteiger partial charge in [-0.25, -0.2) is 0 Å². The highest BCUT2D eigenvalue weighted by atomic mass is 16.3. The van der Waals surface area contributed by atoms with Crippen molar-refractivity contribution in [3.63, 3.8) is 0 Å². The molecule has 0 aliphatic carbocycles. The SMILES string of the molecule is C=C(C)Cn1c(-c2ccccc2)nnc1N(C)Cc1ccoc1. The average Bonchev–Trinajstić information content (AvgIpc) is 3.17. The van der Waals surface area contributed by atoms with Crippen LogP contribution in [0.3, 0.4) is 0 Å². The Bertz CT molecular complexity index is 775. The monoisotopic (exact) mass is 308 g/mol. The lowest BCUT2D eigenvalue weighted by Crippen LogP contribution is -2.21. The van der Waals surface area contributed by atoms with Crippen molar-refractivity contribution < 1.29 is 4.42 Å². The Hall–Kier alpha value is -2.82. The molecule has 2 heterocycles. The minimum atomic E-state index is 0.683. The second-order valence-electron chi connectivity index (χ2n) is 5.72. The lowest BCUT2D eigenvalue weighted by atomic mass is 10.2. The molecule has 0 aliphatic heterocycles. The smallest absolute Gasteiger partial charge is 0.227 e. The summed E-state index contributed by atoms with van der Waals surface area (Å²) in [7, 11) is 2.00. The van der Waals surface area contributed by atoms with Gasteiger partial charge in [-0.2, -0.15) is 0 Å². The van der Waals surface area contributed by atoms with E-state index < -0.39 is 0 Å². The van der Waals surface area contributed by atoms with E-state index in [2.05, 4.69) is 26.2 Å². The molecule has 3 rings (SSSR count). The number of allylic oxidation sites excluding steroid dienone is 1. The Morgan fingerprint density at radius 2 is 2.00 bits per heavy atom. The van der Waals surface area contributed by atoms with Gasteiger partial charge in [-0.1, -0.05) is 42.5 Å². The van der Waals surface area contributed by atoms with Crippen LogP contribution in [-0.4, -0.2) is 21.8 Å². The van der Waals surface area contributed by atoms with E-state index in [1.54, 1.807) is 12.5 Å². The summed E-state index contributed by atoms with van der Waals surface area (Å²) in [5, 5.41) is 8.79. The summed E-state index contributed by atoms with van der Waals surface area (Å²) in [4.78, 5) is 2.06. The number of anilines is 1. The number of benzene rings is 1. The van der Waals surface area contributed by atoms with Gasteiger partial charge >= 0.3 is 0 Å². The second kappa shape index (κ2) is 6.52. The molecule has 0 N–H and O–H groups in total. The molecule has 1 aromatic carbocycles. The fourth-order valence-electron chi connectivity index (χ4n) is 2.52. The van der Waals surface area contributed by atoms with Gasteiger partial charge in [0.05, 0.1) is 12.5 Å². The maximum absolute atomic E-state index is 5.14. The predicted octanol–water partition coefficient (Wildman–Crippen LogP) is 3.75. The number of hydrogen-bond acceptors (Lipinski definition) is 4. The van der Waals surface area contributed by atoms with E-state index in [1.807, 2.05) is 50.4 Å². The van der Waals surface area contributed by atoms with Gasteiger partial charge in [-0.05, 0) is 13.0 Å². The third-order valence-corrected chi connectivity index (χ3v) is 3.53. The van der Waals surface area contributed by atoms with E-state index in [9.17, 15) is 0 Å². The van der Waals surface area contributed by atoms with Crippen LogP contribution in [0.15, 0.2) is 65.5 Å². The molecule has 2 aromatic heterocycles. The van der Waals surface area contributed by atoms with Gasteiger partial charge in [-0.15, -0.1) is 10.2 Å². The highest BCUT2D eigenvalue weighted by Crippen LogP contribution is 2.24. The largest absolute Gasteiger partial charge is 0.472 e. The van der Waals surface area contributed by atoms with Crippen LogP contribution in [0.1, 0.15) is 12.5 Å². The van der Waals surface area contributed by atoms with E-state index >= 15 is 0 Å². The van der Waals surface area contributed by atoms with Crippen LogP contribution >= 0.6 is 0 Å². The number of rotatable bonds is 6. The first kappa shape index (κ1) is 15.1. The highest BCUT2D eigenvalue weighted by Gasteiger charge is 2.17. The molecule has 5 nitrogen and oxygen atoms in total. The summed E-state index contributed by atoms with van der Waals surface area (Å²) in [5.74, 6) is 1.66. The molecule has 0 aliphatic rings. The lowest BCUT2D eigenvalue weighted by Gasteiger charge is -2.19. The third kappa shape index (κ3) is 3.34. The second-order valence-corrected chi connectivity index (χ2v) is 5.72. The maximum atomic E-state index is 5.14. The van der Waals surface area contributed by atoms with Crippen molar-refractivity contribution >= 4 is 5.95 Å². The number of nitrogens with zero attached hydrogens (tertiary/aromatic N) is 4. The molecule has 0 radical (unpaired) electrons. The van der Waals surface area contributed by atoms with Crippen molar-refractivity contribution in [3.05, 3.63) is 66.6 Å². The van der Waals surface area contributed by atoms with Gasteiger partial charge < -0.3 is 9.32 Å². The first-order valence-corrected chi connectivity index (χ1v) is 7.50. The molecule has 0 fully saturated rings. The van der Waals surface area contributed by atoms with Crippen molar-refractivity contribution in [2.75, 3.05) is 11.9 Å². The summed E-state index contributed by atoms with van der Waals surface area (Å²) < 4.78 is 7.23. The molecule has 23 heavy (non-hydrogen) atoms. The van der Waals surface area contributed by atoms with E-state index in [0.717, 1.165) is 28.5 Å². The molecule has 0 saturated heterocycles. The predicted molar refractivity (Wildman–Crippen MR) is 91.1 cm³/mol. The molecule has 0 unspecified atom stereocenters. The fraction of sp³-hybridized carbons (Fsp3) is 0.222. The summed E-state index contributed by atoms with van der Waals surface area (Å²) in [5.41, 5.74) is 3.20. The van der Waals surface area contributed by atoms with E-state index in [4.69, 9.17) is 4.42 Å². The van der Waals surface area contributed by atoms with Crippen LogP contribution in [0.5, 0.6) is 0 Å². The fourth-order valence-corrected chi connectivity index (χ4v) is 2.52. The summed E-state index contributed by atoms with van der Waals surface area (Å²) in [6.45, 7) is 7.43. The zero-order valence-electron chi connectivity index (χ0n) is 13.4. The van der Waals surface area contributed by atoms with E-state index in [1.165, 1.54) is 0 Å². The number of aromatic nitrogens is 3. The average molecular weight is 308 g/mol. The molecular formula is C18H20N4O. The Kier molecular flexibility index (Phi) is 4.28. The van der Waals surface area contributed by atoms with Gasteiger partial charge in [-0.3, -0.25) is 4.57 Å². The van der Waals surface area contributed by atoms with Crippen molar-refractivity contribution in [1.29, 1.82) is 0 Å². The molecule has 5 heteroatoms. The van der Waals surface area contributed by atoms with Gasteiger partial charge in [0.1, 0.15) is 0 Å². The van der Waals surface area contributed by atoms with Crippen LogP contribution in [0, 0.1) is 0 Å². The Morgan fingerprint density at radius 1 is 1.22 bits per heavy atom. The molecular weight excluding hydrogens is 288 g/mol. The molecule has 118 valence electrons. The first-order chi connectivity index (χ1) is 11.1. The lowest BCUT2D eigenvalue weighted by molar-refractivity contribution is 0.563. The molecule has 0 saturated carbocycles. The van der Waals surface area contributed by atoms with Gasteiger partial charge in [0.25, 0.3) is 0 Å². The van der Waals surface area contributed by atoms with Crippen LogP contribution in [0.25, 0.3) is 11.4 Å². The van der Waals surface area contributed by atoms with E-state index in [-0.39, 0.29) is 0 Å². The molecule has 0 atom stereocenters. The van der Waals surface area contributed by atoms with Gasteiger partial charge in [0.2, 0.25) is 5.95 Å². The Balaban J connectivity index is 1.96. The van der Waals surface area contributed by atoms with E-state index in [0.29, 0.717) is 13.1 Å². The number of furan rings is 1. The topological polar surface area (TPSA) is 47.1 Å². The van der Waals surface area contributed by atoms with Crippen LogP contribution in [-0.2, 0) is 13.1 Å².